The van der Waals surface area contributed by atoms with Gasteiger partial charge in [-0.1, -0.05) is 29.8 Å². The molecule has 0 atom stereocenters. The van der Waals surface area contributed by atoms with Crippen molar-refractivity contribution in [1.82, 2.24) is 5.32 Å². The first-order valence-corrected chi connectivity index (χ1v) is 5.24. The van der Waals surface area contributed by atoms with E-state index in [1.807, 2.05) is 31.2 Å². The summed E-state index contributed by atoms with van der Waals surface area (Å²) in [6, 6.07) is 8.14. The van der Waals surface area contributed by atoms with E-state index < -0.39 is 0 Å². The minimum absolute atomic E-state index is 0. The zero-order chi connectivity index (χ0) is 11.1. The molecule has 3 N–H and O–H groups in total. The highest BCUT2D eigenvalue weighted by Gasteiger charge is 1.99. The monoisotopic (exact) mass is 242 g/mol. The molecule has 0 aliphatic heterocycles. The molecule has 1 rings (SSSR count). The highest BCUT2D eigenvalue weighted by atomic mass is 35.5. The van der Waals surface area contributed by atoms with Gasteiger partial charge < -0.3 is 11.1 Å². The van der Waals surface area contributed by atoms with Gasteiger partial charge in [0.2, 0.25) is 5.91 Å². The molecule has 16 heavy (non-hydrogen) atoms. The molecule has 0 radical (unpaired) electrons. The summed E-state index contributed by atoms with van der Waals surface area (Å²) >= 11 is 0. The number of hydrogen-bond acceptors (Lipinski definition) is 2. The fraction of sp³-hybridized carbons (Fsp3) is 0.417. The maximum absolute atomic E-state index is 11.3. The van der Waals surface area contributed by atoms with E-state index in [1.165, 1.54) is 5.56 Å². The zero-order valence-corrected chi connectivity index (χ0v) is 10.3. The average Bonchev–Trinajstić information content (AvgIpc) is 2.25. The topological polar surface area (TPSA) is 55.1 Å². The van der Waals surface area contributed by atoms with Crippen molar-refractivity contribution in [3.63, 3.8) is 0 Å². The first kappa shape index (κ1) is 14.9. The van der Waals surface area contributed by atoms with Crippen LogP contribution in [0.2, 0.25) is 0 Å². The number of carbonyl (C=O) groups is 1. The van der Waals surface area contributed by atoms with Crippen molar-refractivity contribution in [3.8, 4) is 0 Å². The predicted molar refractivity (Wildman–Crippen MR) is 68.6 cm³/mol. The van der Waals surface area contributed by atoms with E-state index in [0.717, 1.165) is 12.0 Å². The SMILES string of the molecule is Cc1ccc(CNC(=O)CCCN)cc1.Cl. The lowest BCUT2D eigenvalue weighted by molar-refractivity contribution is -0.121. The van der Waals surface area contributed by atoms with Crippen LogP contribution in [0.5, 0.6) is 0 Å². The van der Waals surface area contributed by atoms with E-state index >= 15 is 0 Å². The molecule has 0 unspecified atom stereocenters. The Bertz CT molecular complexity index is 311. The largest absolute Gasteiger partial charge is 0.352 e. The molecule has 0 spiro atoms. The number of rotatable bonds is 5. The van der Waals surface area contributed by atoms with Crippen molar-refractivity contribution in [2.45, 2.75) is 26.3 Å². The van der Waals surface area contributed by atoms with E-state index in [2.05, 4.69) is 5.32 Å². The van der Waals surface area contributed by atoms with Crippen molar-refractivity contribution in [2.75, 3.05) is 6.54 Å². The Kier molecular flexibility index (Phi) is 7.60. The molecule has 1 aromatic carbocycles. The fourth-order valence-electron chi connectivity index (χ4n) is 1.26. The Balaban J connectivity index is 0.00000225. The number of benzene rings is 1. The van der Waals surface area contributed by atoms with Crippen molar-refractivity contribution in [2.24, 2.45) is 5.73 Å². The first-order chi connectivity index (χ1) is 7.22. The summed E-state index contributed by atoms with van der Waals surface area (Å²) in [7, 11) is 0. The van der Waals surface area contributed by atoms with Gasteiger partial charge in [-0.3, -0.25) is 4.79 Å². The molecular weight excluding hydrogens is 224 g/mol. The second kappa shape index (κ2) is 8.13. The molecule has 0 saturated heterocycles. The summed E-state index contributed by atoms with van der Waals surface area (Å²) in [5.41, 5.74) is 7.68. The number of halogens is 1. The number of carbonyl (C=O) groups excluding carboxylic acids is 1. The third-order valence-electron chi connectivity index (χ3n) is 2.22. The number of hydrogen-bond donors (Lipinski definition) is 2. The molecule has 0 saturated carbocycles. The molecule has 0 aliphatic rings. The summed E-state index contributed by atoms with van der Waals surface area (Å²) < 4.78 is 0. The van der Waals surface area contributed by atoms with Gasteiger partial charge in [0.1, 0.15) is 0 Å². The first-order valence-electron chi connectivity index (χ1n) is 5.24. The average molecular weight is 243 g/mol. The lowest BCUT2D eigenvalue weighted by Gasteiger charge is -2.04. The van der Waals surface area contributed by atoms with Gasteiger partial charge in [0.25, 0.3) is 0 Å². The third kappa shape index (κ3) is 5.73. The molecule has 0 bridgehead atoms. The summed E-state index contributed by atoms with van der Waals surface area (Å²) in [5.74, 6) is 0.0704. The molecule has 4 heteroatoms. The van der Waals surface area contributed by atoms with Crippen LogP contribution in [0.25, 0.3) is 0 Å². The van der Waals surface area contributed by atoms with Gasteiger partial charge in [-0.2, -0.15) is 0 Å². The van der Waals surface area contributed by atoms with Crippen molar-refractivity contribution in [3.05, 3.63) is 35.4 Å². The van der Waals surface area contributed by atoms with Crippen molar-refractivity contribution >= 4 is 18.3 Å². The second-order valence-corrected chi connectivity index (χ2v) is 3.65. The van der Waals surface area contributed by atoms with Gasteiger partial charge in [0, 0.05) is 13.0 Å². The van der Waals surface area contributed by atoms with Crippen molar-refractivity contribution in [1.29, 1.82) is 0 Å². The Morgan fingerprint density at radius 3 is 2.50 bits per heavy atom. The van der Waals surface area contributed by atoms with Crippen LogP contribution in [0.3, 0.4) is 0 Å². The van der Waals surface area contributed by atoms with Crippen LogP contribution in [0.4, 0.5) is 0 Å². The summed E-state index contributed by atoms with van der Waals surface area (Å²) in [5, 5.41) is 2.86. The Morgan fingerprint density at radius 2 is 1.94 bits per heavy atom. The van der Waals surface area contributed by atoms with Crippen molar-refractivity contribution < 1.29 is 4.79 Å². The van der Waals surface area contributed by atoms with E-state index in [0.29, 0.717) is 19.5 Å². The molecule has 0 fully saturated rings. The predicted octanol–water partition coefficient (Wildman–Crippen LogP) is 1.77. The molecule has 0 heterocycles. The van der Waals surface area contributed by atoms with Crippen LogP contribution in [-0.4, -0.2) is 12.5 Å². The van der Waals surface area contributed by atoms with Crippen LogP contribution in [0.15, 0.2) is 24.3 Å². The van der Waals surface area contributed by atoms with E-state index in [9.17, 15) is 4.79 Å². The third-order valence-corrected chi connectivity index (χ3v) is 2.22. The number of nitrogens with two attached hydrogens (primary N) is 1. The minimum atomic E-state index is 0. The van der Waals surface area contributed by atoms with Gasteiger partial charge in [-0.25, -0.2) is 0 Å². The summed E-state index contributed by atoms with van der Waals surface area (Å²) in [4.78, 5) is 11.3. The van der Waals surface area contributed by atoms with Gasteiger partial charge in [-0.15, -0.1) is 12.4 Å². The van der Waals surface area contributed by atoms with Gasteiger partial charge in [-0.05, 0) is 25.5 Å². The fourth-order valence-corrected chi connectivity index (χ4v) is 1.26. The van der Waals surface area contributed by atoms with Crippen LogP contribution in [-0.2, 0) is 11.3 Å². The standard InChI is InChI=1S/C12H18N2O.ClH/c1-10-4-6-11(7-5-10)9-14-12(15)3-2-8-13;/h4-7H,2-3,8-9,13H2,1H3,(H,14,15);1H. The molecule has 90 valence electrons. The molecule has 3 nitrogen and oxygen atoms in total. The van der Waals surface area contributed by atoms with E-state index in [4.69, 9.17) is 5.73 Å². The van der Waals surface area contributed by atoms with Crippen LogP contribution < -0.4 is 11.1 Å². The van der Waals surface area contributed by atoms with Gasteiger partial charge in [0.15, 0.2) is 0 Å². The molecule has 1 aromatic rings. The van der Waals surface area contributed by atoms with Crippen LogP contribution >= 0.6 is 12.4 Å². The molecule has 0 aromatic heterocycles. The normalized spacial score (nSPS) is 9.38. The minimum Gasteiger partial charge on any atom is -0.352 e. The maximum Gasteiger partial charge on any atom is 0.220 e. The lowest BCUT2D eigenvalue weighted by Crippen LogP contribution is -2.23. The van der Waals surface area contributed by atoms with E-state index in [-0.39, 0.29) is 18.3 Å². The van der Waals surface area contributed by atoms with Gasteiger partial charge >= 0.3 is 0 Å². The van der Waals surface area contributed by atoms with Crippen LogP contribution in [0, 0.1) is 6.92 Å². The number of amides is 1. The number of nitrogens with one attached hydrogen (secondary N) is 1. The lowest BCUT2D eigenvalue weighted by atomic mass is 10.1. The zero-order valence-electron chi connectivity index (χ0n) is 9.53. The quantitative estimate of drug-likeness (QED) is 0.827. The summed E-state index contributed by atoms with van der Waals surface area (Å²) in [6.07, 6.45) is 1.27. The molecule has 1 amide bonds. The van der Waals surface area contributed by atoms with Gasteiger partial charge in [0.05, 0.1) is 0 Å². The smallest absolute Gasteiger partial charge is 0.220 e. The Morgan fingerprint density at radius 1 is 1.31 bits per heavy atom. The highest BCUT2D eigenvalue weighted by Crippen LogP contribution is 2.02. The summed E-state index contributed by atoms with van der Waals surface area (Å²) in [6.45, 7) is 3.21. The second-order valence-electron chi connectivity index (χ2n) is 3.65. The number of aryl methyl sites for hydroxylation is 1. The van der Waals surface area contributed by atoms with E-state index in [1.54, 1.807) is 0 Å². The molecular formula is C12H19ClN2O. The highest BCUT2D eigenvalue weighted by molar-refractivity contribution is 5.85. The molecule has 0 aliphatic carbocycles. The maximum atomic E-state index is 11.3. The Labute approximate surface area is 103 Å². The Hall–Kier alpha value is -1.06. The van der Waals surface area contributed by atoms with Crippen LogP contribution in [0.1, 0.15) is 24.0 Å².